The molecule has 0 saturated heterocycles. The monoisotopic (exact) mass is 1480 g/mol. The van der Waals surface area contributed by atoms with Crippen molar-refractivity contribution in [2.45, 2.75) is 452 Å². The molecule has 0 bridgehead atoms. The first-order chi connectivity index (χ1) is 48.9. The number of carbonyl (C=O) groups excluding carboxylic acids is 4. The van der Waals surface area contributed by atoms with Crippen molar-refractivity contribution in [2.24, 2.45) is 11.8 Å². The number of unbranched alkanes of at least 4 members (excludes halogenated alkanes) is 50. The van der Waals surface area contributed by atoms with Crippen molar-refractivity contribution in [3.63, 3.8) is 0 Å². The Morgan fingerprint density at radius 3 is 0.752 bits per heavy atom. The molecule has 0 saturated carbocycles. The van der Waals surface area contributed by atoms with Crippen LogP contribution in [-0.2, 0) is 65.4 Å². The summed E-state index contributed by atoms with van der Waals surface area (Å²) in [7, 11) is -9.92. The van der Waals surface area contributed by atoms with E-state index in [1.807, 2.05) is 0 Å². The smallest absolute Gasteiger partial charge is 0.462 e. The lowest BCUT2D eigenvalue weighted by Gasteiger charge is -2.21. The van der Waals surface area contributed by atoms with Crippen LogP contribution in [0.5, 0.6) is 0 Å². The normalized spacial score (nSPS) is 14.2. The van der Waals surface area contributed by atoms with Gasteiger partial charge in [-0.15, -0.1) is 0 Å². The third-order valence-corrected chi connectivity index (χ3v) is 21.5. The first-order valence-electron chi connectivity index (χ1n) is 42.5. The van der Waals surface area contributed by atoms with Gasteiger partial charge in [0.1, 0.15) is 19.3 Å². The van der Waals surface area contributed by atoms with E-state index in [9.17, 15) is 43.2 Å². The minimum atomic E-state index is -4.96. The molecule has 0 aromatic carbocycles. The van der Waals surface area contributed by atoms with Gasteiger partial charge in [-0.1, -0.05) is 382 Å². The zero-order valence-electron chi connectivity index (χ0n) is 66.2. The van der Waals surface area contributed by atoms with E-state index in [0.29, 0.717) is 25.7 Å². The Labute approximate surface area is 619 Å². The molecular weight excluding hydrogens is 1320 g/mol. The molecule has 0 rings (SSSR count). The van der Waals surface area contributed by atoms with Gasteiger partial charge in [-0.3, -0.25) is 37.3 Å². The Hall–Kier alpha value is -1.94. The van der Waals surface area contributed by atoms with Crippen molar-refractivity contribution >= 4 is 39.5 Å². The molecule has 0 heterocycles. The van der Waals surface area contributed by atoms with Crippen LogP contribution in [0.25, 0.3) is 0 Å². The van der Waals surface area contributed by atoms with Crippen LogP contribution in [0.3, 0.4) is 0 Å². The Bertz CT molecular complexity index is 1940. The van der Waals surface area contributed by atoms with E-state index < -0.39 is 97.5 Å². The fourth-order valence-corrected chi connectivity index (χ4v) is 14.3. The second kappa shape index (κ2) is 73.6. The van der Waals surface area contributed by atoms with Crippen molar-refractivity contribution in [3.05, 3.63) is 0 Å². The summed E-state index contributed by atoms with van der Waals surface area (Å²) in [6.07, 6.45) is 63.7. The average Bonchev–Trinajstić information content (AvgIpc) is 0.946. The zero-order valence-corrected chi connectivity index (χ0v) is 68.0. The number of hydrogen-bond acceptors (Lipinski definition) is 15. The van der Waals surface area contributed by atoms with Crippen molar-refractivity contribution < 1.29 is 80.2 Å². The van der Waals surface area contributed by atoms with Crippen molar-refractivity contribution in [1.29, 1.82) is 0 Å². The van der Waals surface area contributed by atoms with Crippen LogP contribution >= 0.6 is 15.6 Å². The lowest BCUT2D eigenvalue weighted by molar-refractivity contribution is -0.161. The summed E-state index contributed by atoms with van der Waals surface area (Å²) < 4.78 is 68.8. The molecule has 0 aliphatic carbocycles. The summed E-state index contributed by atoms with van der Waals surface area (Å²) in [6, 6.07) is 0. The van der Waals surface area contributed by atoms with Gasteiger partial charge in [0.15, 0.2) is 12.2 Å². The molecule has 600 valence electrons. The molecule has 0 aromatic heterocycles. The number of esters is 4. The summed E-state index contributed by atoms with van der Waals surface area (Å²) >= 11 is 0. The van der Waals surface area contributed by atoms with Gasteiger partial charge in [-0.25, -0.2) is 9.13 Å². The van der Waals surface area contributed by atoms with Gasteiger partial charge in [0.05, 0.1) is 26.4 Å². The fraction of sp³-hybridized carbons (Fsp3) is 0.951. The highest BCUT2D eigenvalue weighted by atomic mass is 31.2. The van der Waals surface area contributed by atoms with Gasteiger partial charge in [-0.05, 0) is 37.5 Å². The maximum absolute atomic E-state index is 13.1. The number of phosphoric ester groups is 2. The topological polar surface area (TPSA) is 237 Å². The second-order valence-electron chi connectivity index (χ2n) is 30.2. The summed E-state index contributed by atoms with van der Waals surface area (Å²) in [5.74, 6) is -0.518. The molecule has 3 N–H and O–H groups in total. The number of rotatable bonds is 81. The van der Waals surface area contributed by atoms with E-state index >= 15 is 0 Å². The number of hydrogen-bond donors (Lipinski definition) is 3. The first kappa shape index (κ1) is 99.1. The number of aliphatic hydroxyl groups is 1. The van der Waals surface area contributed by atoms with Gasteiger partial charge in [0.2, 0.25) is 0 Å². The molecule has 0 aliphatic rings. The third-order valence-electron chi connectivity index (χ3n) is 19.6. The molecule has 3 unspecified atom stereocenters. The Morgan fingerprint density at radius 1 is 0.287 bits per heavy atom. The molecule has 0 aliphatic heterocycles. The lowest BCUT2D eigenvalue weighted by Crippen LogP contribution is -2.30. The average molecular weight is 1480 g/mol. The summed E-state index contributed by atoms with van der Waals surface area (Å²) in [5.41, 5.74) is 0. The Balaban J connectivity index is 5.26. The zero-order chi connectivity index (χ0) is 74.2. The highest BCUT2D eigenvalue weighted by Crippen LogP contribution is 2.45. The van der Waals surface area contributed by atoms with Crippen molar-refractivity contribution in [1.82, 2.24) is 0 Å². The van der Waals surface area contributed by atoms with Gasteiger partial charge < -0.3 is 33.8 Å². The Kier molecular flexibility index (Phi) is 72.2. The van der Waals surface area contributed by atoms with Crippen molar-refractivity contribution in [2.75, 3.05) is 39.6 Å². The van der Waals surface area contributed by atoms with Crippen LogP contribution in [0, 0.1) is 11.8 Å². The van der Waals surface area contributed by atoms with Crippen LogP contribution in [0.15, 0.2) is 0 Å². The summed E-state index contributed by atoms with van der Waals surface area (Å²) in [4.78, 5) is 73.1. The van der Waals surface area contributed by atoms with Crippen LogP contribution < -0.4 is 0 Å². The minimum absolute atomic E-state index is 0.108. The van der Waals surface area contributed by atoms with Crippen LogP contribution in [0.4, 0.5) is 0 Å². The largest absolute Gasteiger partial charge is 0.472 e. The number of phosphoric acid groups is 2. The molecule has 17 nitrogen and oxygen atoms in total. The van der Waals surface area contributed by atoms with Gasteiger partial charge in [0.25, 0.3) is 0 Å². The van der Waals surface area contributed by atoms with E-state index in [-0.39, 0.29) is 25.7 Å². The maximum Gasteiger partial charge on any atom is 0.472 e. The van der Waals surface area contributed by atoms with Crippen molar-refractivity contribution in [3.8, 4) is 0 Å². The van der Waals surface area contributed by atoms with E-state index in [1.165, 1.54) is 250 Å². The molecule has 19 heteroatoms. The Morgan fingerprint density at radius 2 is 0.505 bits per heavy atom. The number of aliphatic hydroxyl groups excluding tert-OH is 1. The standard InChI is InChI=1S/C82H160O17P2/c1-7-10-12-14-16-18-20-22-24-28-32-35-39-46-52-58-64-79(84)92-70-77(98-82(87)67-61-55-49-41-37-33-29-26-25-27-30-34-38-44-50-56-62-74(4)5)72-96-100(88,89)94-68-76(83)69-95-101(90,91)97-73-78(71-93-80(85)65-59-53-47-43-42-45-51-57-63-75(6)9-3)99-81(86)66-60-54-48-40-36-31-23-21-19-17-15-13-11-8-2/h74-78,83H,7-73H2,1-6H3,(H,88,89)(H,90,91)/t75?,76-,77-,78-/m1/s1. The molecule has 101 heavy (non-hydrogen) atoms. The second-order valence-corrected chi connectivity index (χ2v) is 33.1. The predicted molar refractivity (Wildman–Crippen MR) is 414 cm³/mol. The van der Waals surface area contributed by atoms with Crippen LogP contribution in [0.2, 0.25) is 0 Å². The molecule has 0 amide bonds. The fourth-order valence-electron chi connectivity index (χ4n) is 12.7. The maximum atomic E-state index is 13.1. The van der Waals surface area contributed by atoms with E-state index in [1.54, 1.807) is 0 Å². The van der Waals surface area contributed by atoms with Gasteiger partial charge >= 0.3 is 39.5 Å². The van der Waals surface area contributed by atoms with Gasteiger partial charge in [-0.2, -0.15) is 0 Å². The molecular formula is C82H160O17P2. The van der Waals surface area contributed by atoms with E-state index in [4.69, 9.17) is 37.0 Å². The quantitative estimate of drug-likeness (QED) is 0.0222. The number of ether oxygens (including phenoxy) is 4. The molecule has 6 atom stereocenters. The number of carbonyl (C=O) groups is 4. The molecule has 0 aromatic rings. The minimum Gasteiger partial charge on any atom is -0.462 e. The molecule has 0 spiro atoms. The summed E-state index contributed by atoms with van der Waals surface area (Å²) in [6.45, 7) is 9.68. The summed E-state index contributed by atoms with van der Waals surface area (Å²) in [5, 5.41) is 10.7. The van der Waals surface area contributed by atoms with E-state index in [0.717, 1.165) is 102 Å². The highest BCUT2D eigenvalue weighted by Gasteiger charge is 2.30. The molecule has 0 fully saturated rings. The first-order valence-corrected chi connectivity index (χ1v) is 45.5. The van der Waals surface area contributed by atoms with E-state index in [2.05, 4.69) is 41.5 Å². The van der Waals surface area contributed by atoms with Crippen LogP contribution in [0.1, 0.15) is 433 Å². The predicted octanol–water partition coefficient (Wildman–Crippen LogP) is 24.7. The highest BCUT2D eigenvalue weighted by molar-refractivity contribution is 7.47. The SMILES string of the molecule is CCCCCCCCCCCCCCCCCCC(=O)OC[C@H](COP(=O)(O)OC[C@@H](O)COP(=O)(O)OC[C@@H](COC(=O)CCCCCCCCCCC(C)CC)OC(=O)CCCCCCCCCCCCCCCC)OC(=O)CCCCCCCCCCCCCCCCCCC(C)C. The third kappa shape index (κ3) is 74.7. The lowest BCUT2D eigenvalue weighted by atomic mass is 9.99. The molecule has 0 radical (unpaired) electrons. The van der Waals surface area contributed by atoms with Gasteiger partial charge in [0, 0.05) is 25.7 Å². The van der Waals surface area contributed by atoms with Crippen LogP contribution in [-0.4, -0.2) is 96.7 Å².